The van der Waals surface area contributed by atoms with E-state index in [0.29, 0.717) is 23.9 Å². The lowest BCUT2D eigenvalue weighted by Gasteiger charge is -2.15. The number of amidine groups is 1. The molecule has 0 aliphatic heterocycles. The Morgan fingerprint density at radius 1 is 1.00 bits per heavy atom. The van der Waals surface area contributed by atoms with Crippen molar-refractivity contribution in [2.75, 3.05) is 13.7 Å². The summed E-state index contributed by atoms with van der Waals surface area (Å²) in [7, 11) is 1.66. The van der Waals surface area contributed by atoms with Crippen LogP contribution in [0.3, 0.4) is 0 Å². The smallest absolute Gasteiger partial charge is 0.316 e. The van der Waals surface area contributed by atoms with Gasteiger partial charge >= 0.3 is 5.97 Å². The highest BCUT2D eigenvalue weighted by atomic mass is 35.5. The van der Waals surface area contributed by atoms with Crippen molar-refractivity contribution in [3.63, 3.8) is 0 Å². The van der Waals surface area contributed by atoms with E-state index in [9.17, 15) is 4.79 Å². The summed E-state index contributed by atoms with van der Waals surface area (Å²) in [5.74, 6) is 1.23. The molecule has 196 valence electrons. The summed E-state index contributed by atoms with van der Waals surface area (Å²) >= 11 is 6.06. The summed E-state index contributed by atoms with van der Waals surface area (Å²) in [6.07, 6.45) is 4.14. The fourth-order valence-electron chi connectivity index (χ4n) is 4.47. The van der Waals surface area contributed by atoms with Crippen LogP contribution in [0, 0.1) is 0 Å². The van der Waals surface area contributed by atoms with Crippen molar-refractivity contribution in [1.29, 1.82) is 0 Å². The van der Waals surface area contributed by atoms with E-state index >= 15 is 0 Å². The van der Waals surface area contributed by atoms with Gasteiger partial charge in [0.05, 0.1) is 24.8 Å². The van der Waals surface area contributed by atoms with Crippen LogP contribution in [0.25, 0.3) is 16.9 Å². The quantitative estimate of drug-likeness (QED) is 0.123. The van der Waals surface area contributed by atoms with Gasteiger partial charge in [-0.15, -0.1) is 0 Å². The number of allylic oxidation sites excluding steroid dienone is 1. The number of ether oxygens (including phenoxy) is 2. The molecule has 1 saturated carbocycles. The van der Waals surface area contributed by atoms with Gasteiger partial charge in [-0.05, 0) is 67.5 Å². The molecule has 4 rings (SSSR count). The van der Waals surface area contributed by atoms with Crippen LogP contribution in [0.5, 0.6) is 0 Å². The monoisotopic (exact) mass is 528 g/mol. The van der Waals surface area contributed by atoms with Crippen LogP contribution in [-0.2, 0) is 19.7 Å². The van der Waals surface area contributed by atoms with Crippen molar-refractivity contribution < 1.29 is 14.3 Å². The fraction of sp³-hybridized carbons (Fsp3) is 0.281. The highest BCUT2D eigenvalue weighted by Gasteiger charge is 2.52. The largest absolute Gasteiger partial charge is 0.494 e. The molecule has 0 radical (unpaired) electrons. The average molecular weight is 529 g/mol. The number of nitrogens with zero attached hydrogens (tertiary/aromatic N) is 2. The number of methoxy groups -OCH3 is 1. The van der Waals surface area contributed by atoms with Crippen LogP contribution >= 0.6 is 11.6 Å². The Kier molecular flexibility index (Phi) is 8.80. The van der Waals surface area contributed by atoms with E-state index in [2.05, 4.69) is 29.3 Å². The highest BCUT2D eigenvalue weighted by molar-refractivity contribution is 6.30. The van der Waals surface area contributed by atoms with Crippen molar-refractivity contribution in [2.24, 2.45) is 9.98 Å². The zero-order valence-corrected chi connectivity index (χ0v) is 23.1. The molecule has 1 fully saturated rings. The Hall–Kier alpha value is -3.70. The van der Waals surface area contributed by atoms with E-state index in [1.807, 2.05) is 69.3 Å². The first-order chi connectivity index (χ1) is 18.4. The molecule has 38 heavy (non-hydrogen) atoms. The number of benzene rings is 3. The molecule has 5 nitrogen and oxygen atoms in total. The second kappa shape index (κ2) is 12.2. The van der Waals surface area contributed by atoms with Gasteiger partial charge in [0.25, 0.3) is 0 Å². The Labute approximate surface area is 229 Å². The van der Waals surface area contributed by atoms with Crippen LogP contribution in [0.4, 0.5) is 0 Å². The molecule has 0 N–H and O–H groups in total. The zero-order chi connectivity index (χ0) is 27.1. The Balaban J connectivity index is 1.53. The van der Waals surface area contributed by atoms with Crippen molar-refractivity contribution in [3.05, 3.63) is 100 Å². The fourth-order valence-corrected chi connectivity index (χ4v) is 4.67. The highest BCUT2D eigenvalue weighted by Crippen LogP contribution is 2.49. The van der Waals surface area contributed by atoms with Crippen LogP contribution in [0.15, 0.2) is 88.5 Å². The summed E-state index contributed by atoms with van der Waals surface area (Å²) in [6.45, 7) is 6.16. The molecule has 0 atom stereocenters. The maximum Gasteiger partial charge on any atom is 0.316 e. The Morgan fingerprint density at radius 2 is 1.66 bits per heavy atom. The predicted octanol–water partition coefficient (Wildman–Crippen LogP) is 7.86. The minimum absolute atomic E-state index is 0.115. The van der Waals surface area contributed by atoms with Gasteiger partial charge in [0.2, 0.25) is 0 Å². The van der Waals surface area contributed by atoms with E-state index in [0.717, 1.165) is 52.1 Å². The standard InChI is InChI=1S/C32H33ClN2O3/c1-5-29(35-22(3)34-21-23-8-7-9-28(33)20-23)30(37-4)26-12-10-24(11-13-26)25-14-16-27(17-15-25)32(18-19-32)31(36)38-6-2/h7-17,20-21H,5-6,18-19H2,1-4H3. The lowest BCUT2D eigenvalue weighted by Crippen LogP contribution is -2.23. The minimum atomic E-state index is -0.454. The number of rotatable bonds is 9. The molecule has 0 aromatic heterocycles. The normalized spacial score (nSPS) is 15.2. The molecular weight excluding hydrogens is 496 g/mol. The zero-order valence-electron chi connectivity index (χ0n) is 22.3. The Bertz CT molecular complexity index is 1370. The summed E-state index contributed by atoms with van der Waals surface area (Å²) in [5, 5.41) is 0.669. The van der Waals surface area contributed by atoms with Crippen LogP contribution < -0.4 is 0 Å². The number of halogens is 1. The van der Waals surface area contributed by atoms with E-state index < -0.39 is 5.41 Å². The van der Waals surface area contributed by atoms with Gasteiger partial charge in [-0.2, -0.15) is 0 Å². The molecule has 0 amide bonds. The van der Waals surface area contributed by atoms with Crippen LogP contribution in [-0.4, -0.2) is 31.7 Å². The second-order valence-corrected chi connectivity index (χ2v) is 9.70. The average Bonchev–Trinajstić information content (AvgIpc) is 3.75. The summed E-state index contributed by atoms with van der Waals surface area (Å²) in [6, 6.07) is 24.0. The van der Waals surface area contributed by atoms with Gasteiger partial charge in [0.1, 0.15) is 11.6 Å². The minimum Gasteiger partial charge on any atom is -0.494 e. The van der Waals surface area contributed by atoms with Crippen molar-refractivity contribution in [3.8, 4) is 11.1 Å². The molecule has 0 saturated heterocycles. The van der Waals surface area contributed by atoms with E-state index in [1.54, 1.807) is 13.3 Å². The molecule has 3 aromatic rings. The lowest BCUT2D eigenvalue weighted by molar-refractivity contribution is -0.146. The molecule has 0 bridgehead atoms. The predicted molar refractivity (Wildman–Crippen MR) is 156 cm³/mol. The van der Waals surface area contributed by atoms with Crippen molar-refractivity contribution in [1.82, 2.24) is 0 Å². The van der Waals surface area contributed by atoms with Gasteiger partial charge in [-0.1, -0.05) is 79.2 Å². The van der Waals surface area contributed by atoms with Gasteiger partial charge in [0.15, 0.2) is 0 Å². The summed E-state index contributed by atoms with van der Waals surface area (Å²) in [5.41, 5.74) is 5.42. The maximum atomic E-state index is 12.4. The van der Waals surface area contributed by atoms with E-state index in [-0.39, 0.29) is 5.97 Å². The third-order valence-electron chi connectivity index (χ3n) is 6.68. The van der Waals surface area contributed by atoms with Gasteiger partial charge in [-0.25, -0.2) is 9.98 Å². The maximum absolute atomic E-state index is 12.4. The molecule has 1 aliphatic carbocycles. The van der Waals surface area contributed by atoms with Gasteiger partial charge < -0.3 is 9.47 Å². The SMILES string of the molecule is CCOC(=O)C1(c2ccc(-c3ccc(C(OC)=C(CC)N=C(C)N=Cc4cccc(Cl)c4)cc3)cc2)CC1. The number of hydrogen-bond acceptors (Lipinski definition) is 4. The first-order valence-electron chi connectivity index (χ1n) is 12.9. The Morgan fingerprint density at radius 3 is 2.21 bits per heavy atom. The van der Waals surface area contributed by atoms with E-state index in [4.69, 9.17) is 26.1 Å². The number of esters is 1. The van der Waals surface area contributed by atoms with Crippen LogP contribution in [0.2, 0.25) is 5.02 Å². The number of aliphatic imine (C=N–C) groups is 2. The molecule has 0 spiro atoms. The third kappa shape index (κ3) is 6.22. The summed E-state index contributed by atoms with van der Waals surface area (Å²) < 4.78 is 11.1. The van der Waals surface area contributed by atoms with E-state index in [1.165, 1.54) is 0 Å². The number of carbonyl (C=O) groups excluding carboxylic acids is 1. The molecule has 1 aliphatic rings. The second-order valence-electron chi connectivity index (χ2n) is 9.26. The number of hydrogen-bond donors (Lipinski definition) is 0. The number of carbonyl (C=O) groups is 1. The lowest BCUT2D eigenvalue weighted by atomic mass is 9.93. The van der Waals surface area contributed by atoms with Crippen molar-refractivity contribution in [2.45, 2.75) is 45.4 Å². The molecule has 6 heteroatoms. The molecule has 3 aromatic carbocycles. The van der Waals surface area contributed by atoms with Gasteiger partial charge in [0, 0.05) is 16.8 Å². The molecule has 0 unspecified atom stereocenters. The van der Waals surface area contributed by atoms with Crippen LogP contribution in [0.1, 0.15) is 56.7 Å². The topological polar surface area (TPSA) is 60.2 Å². The van der Waals surface area contributed by atoms with Crippen molar-refractivity contribution >= 4 is 35.4 Å². The first kappa shape index (κ1) is 27.3. The van der Waals surface area contributed by atoms with Gasteiger partial charge in [-0.3, -0.25) is 4.79 Å². The molecule has 0 heterocycles. The third-order valence-corrected chi connectivity index (χ3v) is 6.92. The summed E-state index contributed by atoms with van der Waals surface area (Å²) in [4.78, 5) is 21.6. The first-order valence-corrected chi connectivity index (χ1v) is 13.3. The molecular formula is C32H33ClN2O3.